The van der Waals surface area contributed by atoms with Crippen molar-refractivity contribution in [3.63, 3.8) is 0 Å². The molecule has 146 valence electrons. The average molecular weight is 391 g/mol. The van der Waals surface area contributed by atoms with Crippen LogP contribution in [0.25, 0.3) is 5.82 Å². The minimum atomic E-state index is -4.87. The van der Waals surface area contributed by atoms with E-state index in [2.05, 4.69) is 15.5 Å². The van der Waals surface area contributed by atoms with Crippen LogP contribution in [0, 0.1) is 6.92 Å². The zero-order valence-electron chi connectivity index (χ0n) is 14.9. The first-order valence-electron chi connectivity index (χ1n) is 8.26. The van der Waals surface area contributed by atoms with Crippen LogP contribution in [0.3, 0.4) is 0 Å². The Labute approximate surface area is 157 Å². The summed E-state index contributed by atoms with van der Waals surface area (Å²) in [6.07, 6.45) is -4.04. The third-order valence-electron chi connectivity index (χ3n) is 4.17. The predicted molar refractivity (Wildman–Crippen MR) is 94.0 cm³/mol. The molecule has 2 N–H and O–H groups in total. The Hall–Kier alpha value is -3.43. The number of amides is 1. The molecule has 0 saturated carbocycles. The van der Waals surface area contributed by atoms with Gasteiger partial charge in [-0.1, -0.05) is 24.3 Å². The minimum absolute atomic E-state index is 0.266. The third-order valence-corrected chi connectivity index (χ3v) is 4.17. The minimum Gasteiger partial charge on any atom is -0.345 e. The van der Waals surface area contributed by atoms with Gasteiger partial charge in [-0.05, 0) is 31.0 Å². The number of aryl methyl sites for hydroxylation is 1. The highest BCUT2D eigenvalue weighted by atomic mass is 19.4. The van der Waals surface area contributed by atoms with Crippen LogP contribution in [0.4, 0.5) is 13.2 Å². The fourth-order valence-corrected chi connectivity index (χ4v) is 2.84. The summed E-state index contributed by atoms with van der Waals surface area (Å²) >= 11 is 0. The van der Waals surface area contributed by atoms with Gasteiger partial charge < -0.3 is 5.32 Å². The van der Waals surface area contributed by atoms with Crippen LogP contribution in [0.2, 0.25) is 0 Å². The number of hydrogen-bond acceptors (Lipinski definition) is 4. The molecule has 2 aromatic heterocycles. The van der Waals surface area contributed by atoms with Gasteiger partial charge in [0, 0.05) is 6.07 Å². The van der Waals surface area contributed by atoms with Gasteiger partial charge >= 0.3 is 6.18 Å². The van der Waals surface area contributed by atoms with E-state index in [-0.39, 0.29) is 5.82 Å². The molecule has 28 heavy (non-hydrogen) atoms. The van der Waals surface area contributed by atoms with Gasteiger partial charge in [-0.2, -0.15) is 23.4 Å². The number of carbonyl (C=O) groups is 1. The van der Waals surface area contributed by atoms with E-state index in [1.165, 1.54) is 0 Å². The van der Waals surface area contributed by atoms with Gasteiger partial charge in [-0.15, -0.1) is 0 Å². The van der Waals surface area contributed by atoms with Gasteiger partial charge in [-0.25, -0.2) is 9.78 Å². The van der Waals surface area contributed by atoms with E-state index in [0.717, 1.165) is 29.5 Å². The van der Waals surface area contributed by atoms with Gasteiger partial charge in [0.1, 0.15) is 0 Å². The van der Waals surface area contributed by atoms with Crippen LogP contribution in [-0.4, -0.2) is 25.9 Å². The number of aromatic amines is 1. The lowest BCUT2D eigenvalue weighted by Gasteiger charge is -2.17. The van der Waals surface area contributed by atoms with Crippen molar-refractivity contribution in [2.75, 3.05) is 0 Å². The van der Waals surface area contributed by atoms with Crippen LogP contribution in [-0.2, 0) is 6.18 Å². The topological polar surface area (TPSA) is 92.7 Å². The maximum Gasteiger partial charge on any atom is 0.434 e. The first-order chi connectivity index (χ1) is 13.2. The van der Waals surface area contributed by atoms with E-state index >= 15 is 0 Å². The monoisotopic (exact) mass is 391 g/mol. The predicted octanol–water partition coefficient (Wildman–Crippen LogP) is 2.77. The summed E-state index contributed by atoms with van der Waals surface area (Å²) in [6.45, 7) is 3.53. The molecule has 0 bridgehead atoms. The number of carbonyl (C=O) groups excluding carboxylic acids is 1. The van der Waals surface area contributed by atoms with E-state index in [0.29, 0.717) is 4.68 Å². The van der Waals surface area contributed by atoms with E-state index in [1.54, 1.807) is 19.1 Å². The highest BCUT2D eigenvalue weighted by Crippen LogP contribution is 2.33. The molecular formula is C18H16F3N5O2. The fourth-order valence-electron chi connectivity index (χ4n) is 2.84. The van der Waals surface area contributed by atoms with Gasteiger partial charge in [0.05, 0.1) is 17.8 Å². The van der Waals surface area contributed by atoms with Gasteiger partial charge in [0.15, 0.2) is 11.5 Å². The van der Waals surface area contributed by atoms with Crippen LogP contribution in [0.5, 0.6) is 0 Å². The SMILES string of the molecule is Cc1ccccc1[C@@H](C)NC(=O)c1cnn(-c2ccc(=O)[nH]n2)c1C(F)(F)F. The standard InChI is InChI=1S/C18H16F3N5O2/c1-10-5-3-4-6-12(10)11(2)23-17(28)13-9-22-26(16(13)18(19,20)21)14-7-8-15(27)25-24-14/h3-9,11H,1-2H3,(H,23,28)(H,25,27)/t11-/m1/s1. The van der Waals surface area contributed by atoms with Crippen LogP contribution in [0.1, 0.15) is 40.1 Å². The molecule has 0 radical (unpaired) electrons. The Bertz CT molecular complexity index is 1050. The Balaban J connectivity index is 1.97. The largest absolute Gasteiger partial charge is 0.434 e. The third kappa shape index (κ3) is 3.80. The summed E-state index contributed by atoms with van der Waals surface area (Å²) in [7, 11) is 0. The van der Waals surface area contributed by atoms with Gasteiger partial charge in [0.25, 0.3) is 11.5 Å². The number of H-pyrrole nitrogens is 1. The van der Waals surface area contributed by atoms with E-state index in [1.807, 2.05) is 24.2 Å². The lowest BCUT2D eigenvalue weighted by molar-refractivity contribution is -0.143. The number of benzene rings is 1. The second-order valence-corrected chi connectivity index (χ2v) is 6.15. The van der Waals surface area contributed by atoms with Crippen molar-refractivity contribution in [1.82, 2.24) is 25.3 Å². The van der Waals surface area contributed by atoms with E-state index in [9.17, 15) is 22.8 Å². The highest BCUT2D eigenvalue weighted by Gasteiger charge is 2.41. The molecule has 1 atom stereocenters. The van der Waals surface area contributed by atoms with Gasteiger partial charge in [0.2, 0.25) is 0 Å². The molecule has 0 aliphatic rings. The maximum atomic E-state index is 13.7. The quantitative estimate of drug-likeness (QED) is 0.715. The molecule has 0 fully saturated rings. The first-order valence-corrected chi connectivity index (χ1v) is 8.26. The van der Waals surface area contributed by atoms with Crippen molar-refractivity contribution >= 4 is 5.91 Å². The van der Waals surface area contributed by atoms with Crippen molar-refractivity contribution in [2.24, 2.45) is 0 Å². The first kappa shape index (κ1) is 19.3. The number of halogens is 3. The molecule has 0 aliphatic heterocycles. The average Bonchev–Trinajstić information content (AvgIpc) is 3.08. The summed E-state index contributed by atoms with van der Waals surface area (Å²) in [6, 6.07) is 8.84. The smallest absolute Gasteiger partial charge is 0.345 e. The highest BCUT2D eigenvalue weighted by molar-refractivity contribution is 5.95. The number of rotatable bonds is 4. The molecule has 1 amide bonds. The number of nitrogens with one attached hydrogen (secondary N) is 2. The summed E-state index contributed by atoms with van der Waals surface area (Å²) in [4.78, 5) is 23.7. The summed E-state index contributed by atoms with van der Waals surface area (Å²) in [5.41, 5.74) is -0.796. The molecular weight excluding hydrogens is 375 g/mol. The molecule has 0 saturated heterocycles. The van der Waals surface area contributed by atoms with Crippen molar-refractivity contribution in [1.29, 1.82) is 0 Å². The molecule has 7 nitrogen and oxygen atoms in total. The van der Waals surface area contributed by atoms with Crippen LogP contribution in [0.15, 0.2) is 47.4 Å². The Morgan fingerprint density at radius 1 is 1.21 bits per heavy atom. The number of nitrogens with zero attached hydrogens (tertiary/aromatic N) is 3. The molecule has 2 heterocycles. The molecule has 0 spiro atoms. The molecule has 0 unspecified atom stereocenters. The normalized spacial score (nSPS) is 12.6. The number of hydrogen-bond donors (Lipinski definition) is 2. The van der Waals surface area contributed by atoms with E-state index < -0.39 is 34.9 Å². The Morgan fingerprint density at radius 3 is 2.54 bits per heavy atom. The second kappa shape index (κ2) is 7.29. The fraction of sp³-hybridized carbons (Fsp3) is 0.222. The Kier molecular flexibility index (Phi) is 5.04. The van der Waals surface area contributed by atoms with Crippen molar-refractivity contribution in [2.45, 2.75) is 26.1 Å². The lowest BCUT2D eigenvalue weighted by Crippen LogP contribution is -2.29. The van der Waals surface area contributed by atoms with E-state index in [4.69, 9.17) is 0 Å². The number of alkyl halides is 3. The van der Waals surface area contributed by atoms with Crippen LogP contribution >= 0.6 is 0 Å². The molecule has 0 aliphatic carbocycles. The molecule has 10 heteroatoms. The van der Waals surface area contributed by atoms with Crippen LogP contribution < -0.4 is 10.9 Å². The Morgan fingerprint density at radius 2 is 1.93 bits per heavy atom. The molecule has 3 rings (SSSR count). The maximum absolute atomic E-state index is 13.7. The van der Waals surface area contributed by atoms with Crippen molar-refractivity contribution < 1.29 is 18.0 Å². The second-order valence-electron chi connectivity index (χ2n) is 6.15. The number of aromatic nitrogens is 4. The summed E-state index contributed by atoms with van der Waals surface area (Å²) in [5.74, 6) is -1.18. The van der Waals surface area contributed by atoms with Crippen molar-refractivity contribution in [3.05, 3.63) is 75.3 Å². The zero-order valence-corrected chi connectivity index (χ0v) is 14.9. The molecule has 1 aromatic carbocycles. The van der Waals surface area contributed by atoms with Crippen molar-refractivity contribution in [3.8, 4) is 5.82 Å². The lowest BCUT2D eigenvalue weighted by atomic mass is 10.0. The summed E-state index contributed by atoms with van der Waals surface area (Å²) in [5, 5.41) is 11.8. The summed E-state index contributed by atoms with van der Waals surface area (Å²) < 4.78 is 41.4. The zero-order chi connectivity index (χ0) is 20.5. The molecule has 3 aromatic rings. The van der Waals surface area contributed by atoms with Gasteiger partial charge in [-0.3, -0.25) is 9.59 Å².